The molecule has 0 aliphatic heterocycles. The molecule has 5 nitrogen and oxygen atoms in total. The highest BCUT2D eigenvalue weighted by Gasteiger charge is 2.21. The molecule has 0 spiro atoms. The summed E-state index contributed by atoms with van der Waals surface area (Å²) in [5.41, 5.74) is 7.69. The lowest BCUT2D eigenvalue weighted by atomic mass is 10.1. The van der Waals surface area contributed by atoms with Gasteiger partial charge in [-0.2, -0.15) is 0 Å². The van der Waals surface area contributed by atoms with E-state index in [2.05, 4.69) is 65.8 Å². The number of carbonyl (C=O) groups excluding carboxylic acids is 2. The van der Waals surface area contributed by atoms with Crippen molar-refractivity contribution in [2.45, 2.75) is 119 Å². The largest absolute Gasteiger partial charge is 0.461 e. The molecule has 0 aromatic heterocycles. The minimum absolute atomic E-state index is 0.0742. The average Bonchev–Trinajstić information content (AvgIpc) is 2.83. The van der Waals surface area contributed by atoms with Gasteiger partial charge in [0.05, 0.1) is 6.42 Å². The Morgan fingerprint density at radius 1 is 0.564 bits per heavy atom. The van der Waals surface area contributed by atoms with E-state index in [1.807, 2.05) is 26.0 Å². The smallest absolute Gasteiger partial charge is 0.335 e. The Morgan fingerprint density at radius 3 is 1.33 bits per heavy atom. The second-order valence-electron chi connectivity index (χ2n) is 11.0. The first-order valence-corrected chi connectivity index (χ1v) is 14.3. The number of carbonyl (C=O) groups is 2. The SMILES string of the molecule is CC(C)=CCCC(C)=CCCC(C)=CCOC(=O)CC(O)C(=O)OCC=C(C)CCC=C(C)CCC=C(C)C. The Balaban J connectivity index is 4.21. The molecule has 1 atom stereocenters. The third-order valence-electron chi connectivity index (χ3n) is 6.21. The summed E-state index contributed by atoms with van der Waals surface area (Å²) in [6.45, 7) is 17.0. The number of esters is 2. The third kappa shape index (κ3) is 23.0. The van der Waals surface area contributed by atoms with Gasteiger partial charge in [0.1, 0.15) is 13.2 Å². The van der Waals surface area contributed by atoms with Gasteiger partial charge in [-0.15, -0.1) is 0 Å². The number of hydrogen-bond acceptors (Lipinski definition) is 5. The van der Waals surface area contributed by atoms with Crippen LogP contribution in [0.3, 0.4) is 0 Å². The van der Waals surface area contributed by atoms with E-state index in [9.17, 15) is 14.7 Å². The molecule has 0 radical (unpaired) electrons. The quantitative estimate of drug-likeness (QED) is 0.131. The van der Waals surface area contributed by atoms with Crippen LogP contribution in [0.2, 0.25) is 0 Å². The molecule has 0 saturated heterocycles. The Hall–Kier alpha value is -2.66. The van der Waals surface area contributed by atoms with E-state index in [0.717, 1.165) is 62.5 Å². The van der Waals surface area contributed by atoms with Gasteiger partial charge in [-0.05, 0) is 119 Å². The maximum absolute atomic E-state index is 12.0. The van der Waals surface area contributed by atoms with E-state index in [4.69, 9.17) is 9.47 Å². The van der Waals surface area contributed by atoms with Gasteiger partial charge in [-0.25, -0.2) is 4.79 Å². The average molecular weight is 543 g/mol. The summed E-state index contributed by atoms with van der Waals surface area (Å²) in [6.07, 6.45) is 18.7. The highest BCUT2D eigenvalue weighted by molar-refractivity contribution is 5.81. The van der Waals surface area contributed by atoms with E-state index < -0.39 is 24.5 Å². The molecule has 0 saturated carbocycles. The van der Waals surface area contributed by atoms with Crippen LogP contribution in [0, 0.1) is 0 Å². The van der Waals surface area contributed by atoms with Gasteiger partial charge >= 0.3 is 11.9 Å². The predicted molar refractivity (Wildman–Crippen MR) is 163 cm³/mol. The number of aliphatic hydroxyl groups is 1. The van der Waals surface area contributed by atoms with Crippen molar-refractivity contribution in [1.82, 2.24) is 0 Å². The zero-order valence-corrected chi connectivity index (χ0v) is 25.9. The Kier molecular flexibility index (Phi) is 20.7. The molecule has 0 bridgehead atoms. The van der Waals surface area contributed by atoms with Gasteiger partial charge in [-0.3, -0.25) is 4.79 Å². The minimum Gasteiger partial charge on any atom is -0.461 e. The molecule has 0 rings (SSSR count). The summed E-state index contributed by atoms with van der Waals surface area (Å²) in [5.74, 6) is -1.44. The molecular weight excluding hydrogens is 488 g/mol. The van der Waals surface area contributed by atoms with Crippen molar-refractivity contribution in [3.05, 3.63) is 69.9 Å². The van der Waals surface area contributed by atoms with Crippen LogP contribution in [0.1, 0.15) is 113 Å². The van der Waals surface area contributed by atoms with Crippen molar-refractivity contribution < 1.29 is 24.2 Å². The topological polar surface area (TPSA) is 72.8 Å². The first-order chi connectivity index (χ1) is 18.4. The lowest BCUT2D eigenvalue weighted by molar-refractivity contribution is -0.158. The van der Waals surface area contributed by atoms with Crippen LogP contribution < -0.4 is 0 Å². The minimum atomic E-state index is -1.53. The van der Waals surface area contributed by atoms with Gasteiger partial charge in [0, 0.05) is 0 Å². The molecule has 0 aromatic carbocycles. The fourth-order valence-corrected chi connectivity index (χ4v) is 3.62. The lowest BCUT2D eigenvalue weighted by Crippen LogP contribution is -2.27. The normalized spacial score (nSPS) is 13.6. The second kappa shape index (κ2) is 22.2. The molecule has 0 heterocycles. The summed E-state index contributed by atoms with van der Waals surface area (Å²) < 4.78 is 10.3. The summed E-state index contributed by atoms with van der Waals surface area (Å²) >= 11 is 0. The third-order valence-corrected chi connectivity index (χ3v) is 6.21. The molecule has 5 heteroatoms. The second-order valence-corrected chi connectivity index (χ2v) is 11.0. The highest BCUT2D eigenvalue weighted by Crippen LogP contribution is 2.13. The van der Waals surface area contributed by atoms with E-state index in [1.54, 1.807) is 0 Å². The summed E-state index contributed by atoms with van der Waals surface area (Å²) in [5, 5.41) is 10.00. The number of rotatable bonds is 19. The zero-order chi connectivity index (χ0) is 29.6. The van der Waals surface area contributed by atoms with Crippen LogP contribution in [0.15, 0.2) is 69.9 Å². The molecule has 0 aromatic rings. The van der Waals surface area contributed by atoms with Crippen molar-refractivity contribution in [2.24, 2.45) is 0 Å². The predicted octanol–water partition coefficient (Wildman–Crippen LogP) is 8.66. The first kappa shape index (κ1) is 36.3. The van der Waals surface area contributed by atoms with Gasteiger partial charge in [0.25, 0.3) is 0 Å². The van der Waals surface area contributed by atoms with Crippen LogP contribution in [0.25, 0.3) is 0 Å². The molecule has 1 unspecified atom stereocenters. The van der Waals surface area contributed by atoms with Crippen molar-refractivity contribution in [3.63, 3.8) is 0 Å². The molecule has 0 fully saturated rings. The number of allylic oxidation sites excluding steroid dienone is 10. The van der Waals surface area contributed by atoms with Gasteiger partial charge < -0.3 is 14.6 Å². The molecule has 220 valence electrons. The van der Waals surface area contributed by atoms with Crippen molar-refractivity contribution >= 4 is 11.9 Å². The number of hydrogen-bond donors (Lipinski definition) is 1. The van der Waals surface area contributed by atoms with E-state index in [0.29, 0.717) is 0 Å². The van der Waals surface area contributed by atoms with E-state index >= 15 is 0 Å². The Labute approximate surface area is 238 Å². The summed E-state index contributed by atoms with van der Waals surface area (Å²) in [4.78, 5) is 24.0. The van der Waals surface area contributed by atoms with Crippen molar-refractivity contribution in [1.29, 1.82) is 0 Å². The van der Waals surface area contributed by atoms with Crippen LogP contribution in [-0.4, -0.2) is 36.4 Å². The molecule has 1 N–H and O–H groups in total. The highest BCUT2D eigenvalue weighted by atomic mass is 16.6. The fraction of sp³-hybridized carbons (Fsp3) is 0.588. The van der Waals surface area contributed by atoms with Crippen LogP contribution in [-0.2, 0) is 19.1 Å². The maximum Gasteiger partial charge on any atom is 0.335 e. The lowest BCUT2D eigenvalue weighted by Gasteiger charge is -2.10. The monoisotopic (exact) mass is 542 g/mol. The standard InChI is InChI=1S/C34H54O5/c1-26(2)13-9-15-28(5)17-11-19-30(7)21-23-38-33(36)25-32(35)34(37)39-24-22-31(8)20-12-18-29(6)16-10-14-27(3)4/h13-14,17-18,21-22,32,35H,9-12,15-16,19-20,23-25H2,1-8H3. The zero-order valence-electron chi connectivity index (χ0n) is 25.9. The summed E-state index contributed by atoms with van der Waals surface area (Å²) in [7, 11) is 0. The van der Waals surface area contributed by atoms with Gasteiger partial charge in [-0.1, -0.05) is 57.7 Å². The molecule has 0 aliphatic carbocycles. The van der Waals surface area contributed by atoms with Gasteiger partial charge in [0.2, 0.25) is 0 Å². The van der Waals surface area contributed by atoms with Crippen molar-refractivity contribution in [3.8, 4) is 0 Å². The van der Waals surface area contributed by atoms with Gasteiger partial charge in [0.15, 0.2) is 6.10 Å². The Bertz CT molecular complexity index is 919. The van der Waals surface area contributed by atoms with E-state index in [-0.39, 0.29) is 13.2 Å². The molecule has 0 aliphatic rings. The molecule has 0 amide bonds. The van der Waals surface area contributed by atoms with E-state index in [1.165, 1.54) is 22.3 Å². The fourth-order valence-electron chi connectivity index (χ4n) is 3.62. The first-order valence-electron chi connectivity index (χ1n) is 14.3. The number of ether oxygens (including phenoxy) is 2. The summed E-state index contributed by atoms with van der Waals surface area (Å²) in [6, 6.07) is 0. The maximum atomic E-state index is 12.0. The van der Waals surface area contributed by atoms with Crippen LogP contribution in [0.4, 0.5) is 0 Å². The molecular formula is C34H54O5. The Morgan fingerprint density at radius 2 is 0.923 bits per heavy atom. The molecule has 39 heavy (non-hydrogen) atoms. The number of aliphatic hydroxyl groups excluding tert-OH is 1. The van der Waals surface area contributed by atoms with Crippen LogP contribution >= 0.6 is 0 Å². The van der Waals surface area contributed by atoms with Crippen molar-refractivity contribution in [2.75, 3.05) is 13.2 Å². The van der Waals surface area contributed by atoms with Crippen LogP contribution in [0.5, 0.6) is 0 Å².